The Morgan fingerprint density at radius 3 is 2.50 bits per heavy atom. The maximum Gasteiger partial charge on any atom is 0.340 e. The third kappa shape index (κ3) is 2.01. The van der Waals surface area contributed by atoms with Gasteiger partial charge in [0.1, 0.15) is 33.1 Å². The van der Waals surface area contributed by atoms with Gasteiger partial charge in [-0.3, -0.25) is 0 Å². The highest BCUT2D eigenvalue weighted by molar-refractivity contribution is 7.83. The van der Waals surface area contributed by atoms with Gasteiger partial charge in [0.25, 0.3) is 0 Å². The standard InChI is InChI=1S/C20H13NO6S/c21-28(25)18-15(23)8-7-14-17(18)26-16-9-10(22)5-6-13(16)20(14)12-4-2-1-3-11(12)19(24)27-20/h1-9,22-23H,21H2. The predicted molar refractivity (Wildman–Crippen MR) is 98.6 cm³/mol. The molecule has 2 heterocycles. The molecule has 2 aliphatic heterocycles. The fourth-order valence-corrected chi connectivity index (χ4v) is 4.49. The molecule has 2 atom stereocenters. The van der Waals surface area contributed by atoms with E-state index in [-0.39, 0.29) is 27.9 Å². The van der Waals surface area contributed by atoms with Gasteiger partial charge in [-0.05, 0) is 30.3 Å². The summed E-state index contributed by atoms with van der Waals surface area (Å²) in [5.41, 5.74) is 0.464. The van der Waals surface area contributed by atoms with Crippen LogP contribution in [-0.4, -0.2) is 20.4 Å². The quantitative estimate of drug-likeness (QED) is 0.545. The third-order valence-corrected chi connectivity index (χ3v) is 5.80. The van der Waals surface area contributed by atoms with Crippen LogP contribution in [0.3, 0.4) is 0 Å². The number of hydrogen-bond acceptors (Lipinski definition) is 6. The first kappa shape index (κ1) is 16.8. The number of fused-ring (bicyclic) bond motifs is 6. The summed E-state index contributed by atoms with van der Waals surface area (Å²) in [6.45, 7) is 0. The number of hydrogen-bond donors (Lipinski definition) is 3. The molecule has 3 aromatic rings. The van der Waals surface area contributed by atoms with Gasteiger partial charge in [0.2, 0.25) is 0 Å². The minimum Gasteiger partial charge on any atom is -0.508 e. The Morgan fingerprint density at radius 2 is 1.71 bits per heavy atom. The summed E-state index contributed by atoms with van der Waals surface area (Å²) >= 11 is 0. The Labute approximate surface area is 161 Å². The molecule has 0 saturated heterocycles. The molecule has 4 N–H and O–H groups in total. The first-order valence-corrected chi connectivity index (χ1v) is 9.51. The van der Waals surface area contributed by atoms with E-state index in [0.717, 1.165) is 0 Å². The number of benzene rings is 3. The zero-order valence-corrected chi connectivity index (χ0v) is 15.0. The van der Waals surface area contributed by atoms with Gasteiger partial charge in [-0.2, -0.15) is 0 Å². The molecule has 0 fully saturated rings. The molecule has 2 aliphatic rings. The van der Waals surface area contributed by atoms with Gasteiger partial charge in [0.05, 0.1) is 5.56 Å². The van der Waals surface area contributed by atoms with Gasteiger partial charge in [0, 0.05) is 22.8 Å². The van der Waals surface area contributed by atoms with Crippen molar-refractivity contribution in [3.05, 3.63) is 76.9 Å². The molecule has 0 aliphatic carbocycles. The second kappa shape index (κ2) is 5.57. The van der Waals surface area contributed by atoms with E-state index in [1.165, 1.54) is 18.2 Å². The van der Waals surface area contributed by atoms with Crippen LogP contribution in [0, 0.1) is 0 Å². The number of phenolic OH excluding ortho intramolecular Hbond substituents is 2. The van der Waals surface area contributed by atoms with Crippen LogP contribution in [0.5, 0.6) is 23.0 Å². The second-order valence-corrected chi connectivity index (χ2v) is 7.49. The summed E-state index contributed by atoms with van der Waals surface area (Å²) in [6.07, 6.45) is 0. The lowest BCUT2D eigenvalue weighted by Gasteiger charge is -2.37. The summed E-state index contributed by atoms with van der Waals surface area (Å²) in [5.74, 6) is -0.662. The summed E-state index contributed by atoms with van der Waals surface area (Å²) in [4.78, 5) is 12.5. The third-order valence-electron chi connectivity index (χ3n) is 5.00. The van der Waals surface area contributed by atoms with Gasteiger partial charge in [0.15, 0.2) is 11.4 Å². The zero-order chi connectivity index (χ0) is 19.6. The van der Waals surface area contributed by atoms with E-state index < -0.39 is 22.6 Å². The monoisotopic (exact) mass is 395 g/mol. The Morgan fingerprint density at radius 1 is 0.964 bits per heavy atom. The van der Waals surface area contributed by atoms with E-state index >= 15 is 0 Å². The van der Waals surface area contributed by atoms with Crippen molar-refractivity contribution < 1.29 is 28.7 Å². The van der Waals surface area contributed by atoms with Crippen molar-refractivity contribution in [2.45, 2.75) is 10.5 Å². The Kier molecular flexibility index (Phi) is 3.34. The molecule has 28 heavy (non-hydrogen) atoms. The SMILES string of the molecule is NS(=O)c1c(O)ccc2c1Oc1cc(O)ccc1C21OC(=O)c2ccccc21. The first-order chi connectivity index (χ1) is 13.4. The van der Waals surface area contributed by atoms with Crippen LogP contribution in [0.1, 0.15) is 27.0 Å². The van der Waals surface area contributed by atoms with Crippen LogP contribution >= 0.6 is 0 Å². The minimum atomic E-state index is -2.07. The van der Waals surface area contributed by atoms with Crippen LogP contribution in [0.2, 0.25) is 0 Å². The number of ether oxygens (including phenoxy) is 2. The molecule has 1 spiro atoms. The lowest BCUT2D eigenvalue weighted by atomic mass is 9.77. The number of esters is 1. The molecule has 140 valence electrons. The number of aromatic hydroxyl groups is 2. The van der Waals surface area contributed by atoms with E-state index in [9.17, 15) is 19.2 Å². The minimum absolute atomic E-state index is 0.0310. The molecule has 0 radical (unpaired) electrons. The van der Waals surface area contributed by atoms with Crippen molar-refractivity contribution in [2.24, 2.45) is 5.14 Å². The number of nitrogens with two attached hydrogens (primary N) is 1. The van der Waals surface area contributed by atoms with E-state index in [0.29, 0.717) is 22.3 Å². The molecule has 8 heteroatoms. The molecule has 2 unspecified atom stereocenters. The topological polar surface area (TPSA) is 119 Å². The summed E-state index contributed by atoms with van der Waals surface area (Å²) in [5, 5.41) is 25.7. The zero-order valence-electron chi connectivity index (χ0n) is 14.2. The van der Waals surface area contributed by atoms with E-state index in [1.807, 2.05) is 0 Å². The fraction of sp³-hybridized carbons (Fsp3) is 0.0500. The largest absolute Gasteiger partial charge is 0.508 e. The molecule has 5 rings (SSSR count). The van der Waals surface area contributed by atoms with E-state index in [2.05, 4.69) is 0 Å². The summed E-state index contributed by atoms with van der Waals surface area (Å²) in [7, 11) is -2.07. The van der Waals surface area contributed by atoms with Gasteiger partial charge in [-0.1, -0.05) is 18.2 Å². The molecule has 0 amide bonds. The smallest absolute Gasteiger partial charge is 0.340 e. The van der Waals surface area contributed by atoms with Crippen LogP contribution in [0.4, 0.5) is 0 Å². The molecule has 0 bridgehead atoms. The van der Waals surface area contributed by atoms with Gasteiger partial charge in [-0.15, -0.1) is 0 Å². The van der Waals surface area contributed by atoms with Crippen LogP contribution in [0.15, 0.2) is 59.5 Å². The highest BCUT2D eigenvalue weighted by atomic mass is 32.2. The molecule has 7 nitrogen and oxygen atoms in total. The first-order valence-electron chi connectivity index (χ1n) is 8.30. The molecule has 0 saturated carbocycles. The molecule has 3 aromatic carbocycles. The lowest BCUT2D eigenvalue weighted by molar-refractivity contribution is 0.0222. The van der Waals surface area contributed by atoms with Gasteiger partial charge in [-0.25, -0.2) is 14.1 Å². The lowest BCUT2D eigenvalue weighted by Crippen LogP contribution is -2.33. The Bertz CT molecular complexity index is 1210. The van der Waals surface area contributed by atoms with Crippen molar-refractivity contribution in [2.75, 3.05) is 0 Å². The van der Waals surface area contributed by atoms with Crippen molar-refractivity contribution in [3.63, 3.8) is 0 Å². The fourth-order valence-electron chi connectivity index (χ4n) is 3.88. The van der Waals surface area contributed by atoms with Crippen LogP contribution in [0.25, 0.3) is 0 Å². The van der Waals surface area contributed by atoms with Crippen molar-refractivity contribution in [1.29, 1.82) is 0 Å². The second-order valence-electron chi connectivity index (χ2n) is 6.49. The highest BCUT2D eigenvalue weighted by Crippen LogP contribution is 2.58. The number of rotatable bonds is 1. The number of phenols is 2. The summed E-state index contributed by atoms with van der Waals surface area (Å²) < 4.78 is 23.9. The Hall–Kier alpha value is -3.36. The molecular weight excluding hydrogens is 382 g/mol. The van der Waals surface area contributed by atoms with Crippen molar-refractivity contribution in [1.82, 2.24) is 0 Å². The van der Waals surface area contributed by atoms with E-state index in [4.69, 9.17) is 14.6 Å². The normalized spacial score (nSPS) is 20.0. The van der Waals surface area contributed by atoms with Gasteiger partial charge >= 0.3 is 5.97 Å². The maximum atomic E-state index is 12.7. The summed E-state index contributed by atoms with van der Waals surface area (Å²) in [6, 6.07) is 14.2. The van der Waals surface area contributed by atoms with Crippen LogP contribution < -0.4 is 9.88 Å². The van der Waals surface area contributed by atoms with E-state index in [1.54, 1.807) is 36.4 Å². The molecular formula is C20H13NO6S. The maximum absolute atomic E-state index is 12.7. The predicted octanol–water partition coefficient (Wildman–Crippen LogP) is 2.65. The average Bonchev–Trinajstić information content (AvgIpc) is 2.95. The van der Waals surface area contributed by atoms with Gasteiger partial charge < -0.3 is 19.7 Å². The Balaban J connectivity index is 1.94. The van der Waals surface area contributed by atoms with Crippen molar-refractivity contribution in [3.8, 4) is 23.0 Å². The van der Waals surface area contributed by atoms with Crippen LogP contribution in [-0.2, 0) is 21.3 Å². The number of carbonyl (C=O) groups excluding carboxylic acids is 1. The number of carbonyl (C=O) groups is 1. The molecule has 0 aromatic heterocycles. The highest BCUT2D eigenvalue weighted by Gasteiger charge is 2.54. The van der Waals surface area contributed by atoms with Crippen molar-refractivity contribution >= 4 is 17.0 Å². The average molecular weight is 395 g/mol.